The molecule has 0 radical (unpaired) electrons. The van der Waals surface area contributed by atoms with Crippen molar-refractivity contribution in [2.45, 2.75) is 13.1 Å². The number of benzene rings is 1. The van der Waals surface area contributed by atoms with Gasteiger partial charge in [0, 0.05) is 19.6 Å². The summed E-state index contributed by atoms with van der Waals surface area (Å²) in [5, 5.41) is 0. The molecule has 6 heteroatoms. The summed E-state index contributed by atoms with van der Waals surface area (Å²) >= 11 is 0. The van der Waals surface area contributed by atoms with E-state index in [0.29, 0.717) is 0 Å². The molecule has 0 spiro atoms. The van der Waals surface area contributed by atoms with Crippen molar-refractivity contribution in [3.8, 4) is 0 Å². The Morgan fingerprint density at radius 1 is 1.28 bits per heavy atom. The van der Waals surface area contributed by atoms with Gasteiger partial charge in [0.2, 0.25) is 0 Å². The van der Waals surface area contributed by atoms with E-state index < -0.39 is 24.5 Å². The van der Waals surface area contributed by atoms with Gasteiger partial charge in [0.1, 0.15) is 5.82 Å². The maximum Gasteiger partial charge on any atom is 0.394 e. The first-order valence-corrected chi connectivity index (χ1v) is 5.66. The highest BCUT2D eigenvalue weighted by Gasteiger charge is 2.39. The summed E-state index contributed by atoms with van der Waals surface area (Å²) in [6, 6.07) is 5.77. The summed E-state index contributed by atoms with van der Waals surface area (Å²) in [5.74, 6) is -2.19. The zero-order valence-corrected chi connectivity index (χ0v) is 10.0. The highest BCUT2D eigenvalue weighted by atomic mass is 19.4. The number of halogens is 4. The Labute approximate surface area is 103 Å². The summed E-state index contributed by atoms with van der Waals surface area (Å²) in [7, 11) is 0. The Morgan fingerprint density at radius 2 is 1.89 bits per heavy atom. The van der Waals surface area contributed by atoms with E-state index in [1.807, 2.05) is 0 Å². The van der Waals surface area contributed by atoms with Crippen LogP contribution >= 0.6 is 0 Å². The monoisotopic (exact) mass is 264 g/mol. The van der Waals surface area contributed by atoms with Crippen LogP contribution in [0.5, 0.6) is 0 Å². The SMILES string of the molecule is CCN(CC(CN)C(F)(F)F)c1ccccc1F. The summed E-state index contributed by atoms with van der Waals surface area (Å²) in [4.78, 5) is 1.35. The minimum atomic E-state index is -4.37. The third kappa shape index (κ3) is 3.60. The number of hydrogen-bond donors (Lipinski definition) is 1. The average molecular weight is 264 g/mol. The predicted molar refractivity (Wildman–Crippen MR) is 62.9 cm³/mol. The molecule has 1 unspecified atom stereocenters. The third-order valence-electron chi connectivity index (χ3n) is 2.76. The molecule has 2 N–H and O–H groups in total. The fraction of sp³-hybridized carbons (Fsp3) is 0.500. The van der Waals surface area contributed by atoms with Crippen molar-refractivity contribution >= 4 is 5.69 Å². The van der Waals surface area contributed by atoms with Gasteiger partial charge in [-0.15, -0.1) is 0 Å². The molecule has 0 heterocycles. The van der Waals surface area contributed by atoms with Crippen molar-refractivity contribution < 1.29 is 17.6 Å². The molecule has 1 aromatic carbocycles. The smallest absolute Gasteiger partial charge is 0.369 e. The topological polar surface area (TPSA) is 29.3 Å². The minimum absolute atomic E-state index is 0.169. The Bertz CT molecular complexity index is 379. The molecule has 0 fully saturated rings. The fourth-order valence-corrected chi connectivity index (χ4v) is 1.68. The molecular weight excluding hydrogens is 248 g/mol. The predicted octanol–water partition coefficient (Wildman–Crippen LogP) is 2.79. The molecule has 0 amide bonds. The Kier molecular flexibility index (Phi) is 4.95. The van der Waals surface area contributed by atoms with E-state index in [9.17, 15) is 17.6 Å². The molecule has 0 aliphatic heterocycles. The number of hydrogen-bond acceptors (Lipinski definition) is 2. The molecule has 1 rings (SSSR count). The molecule has 102 valence electrons. The fourth-order valence-electron chi connectivity index (χ4n) is 1.68. The van der Waals surface area contributed by atoms with E-state index >= 15 is 0 Å². The van der Waals surface area contributed by atoms with Crippen molar-refractivity contribution in [1.29, 1.82) is 0 Å². The van der Waals surface area contributed by atoms with Crippen molar-refractivity contribution in [2.75, 3.05) is 24.5 Å². The Morgan fingerprint density at radius 3 is 2.33 bits per heavy atom. The minimum Gasteiger partial charge on any atom is -0.369 e. The second-order valence-electron chi connectivity index (χ2n) is 3.96. The molecule has 1 atom stereocenters. The van der Waals surface area contributed by atoms with Crippen molar-refractivity contribution in [2.24, 2.45) is 11.7 Å². The van der Waals surface area contributed by atoms with Crippen LogP contribution in [-0.4, -0.2) is 25.8 Å². The van der Waals surface area contributed by atoms with Crippen LogP contribution in [-0.2, 0) is 0 Å². The van der Waals surface area contributed by atoms with Crippen LogP contribution in [0.2, 0.25) is 0 Å². The molecular formula is C12H16F4N2. The van der Waals surface area contributed by atoms with Crippen LogP contribution in [0, 0.1) is 11.7 Å². The summed E-state index contributed by atoms with van der Waals surface area (Å²) in [6.45, 7) is 1.12. The number of para-hydroxylation sites is 1. The number of nitrogens with two attached hydrogens (primary N) is 1. The van der Waals surface area contributed by atoms with Crippen molar-refractivity contribution in [3.05, 3.63) is 30.1 Å². The van der Waals surface area contributed by atoms with E-state index in [1.165, 1.54) is 23.1 Å². The standard InChI is InChI=1S/C12H16F4N2/c1-2-18(8-9(7-17)12(14,15)16)11-6-4-3-5-10(11)13/h3-6,9H,2,7-8,17H2,1H3. The van der Waals surface area contributed by atoms with Gasteiger partial charge in [-0.05, 0) is 19.1 Å². The normalized spacial score (nSPS) is 13.4. The van der Waals surface area contributed by atoms with Gasteiger partial charge >= 0.3 is 6.18 Å². The largest absolute Gasteiger partial charge is 0.394 e. The van der Waals surface area contributed by atoms with Gasteiger partial charge in [-0.25, -0.2) is 4.39 Å². The van der Waals surface area contributed by atoms with Gasteiger partial charge in [-0.1, -0.05) is 12.1 Å². The van der Waals surface area contributed by atoms with Crippen LogP contribution in [0.4, 0.5) is 23.2 Å². The first-order valence-electron chi connectivity index (χ1n) is 5.66. The molecule has 0 saturated heterocycles. The number of alkyl halides is 3. The molecule has 0 aliphatic carbocycles. The van der Waals surface area contributed by atoms with E-state index in [-0.39, 0.29) is 18.8 Å². The van der Waals surface area contributed by atoms with Gasteiger partial charge < -0.3 is 10.6 Å². The van der Waals surface area contributed by atoms with E-state index in [1.54, 1.807) is 13.0 Å². The first-order chi connectivity index (χ1) is 8.40. The highest BCUT2D eigenvalue weighted by Crippen LogP contribution is 2.28. The zero-order valence-electron chi connectivity index (χ0n) is 10.0. The molecule has 1 aromatic rings. The highest BCUT2D eigenvalue weighted by molar-refractivity contribution is 5.47. The second-order valence-corrected chi connectivity index (χ2v) is 3.96. The summed E-state index contributed by atoms with van der Waals surface area (Å²) in [5.41, 5.74) is 5.31. The molecule has 0 aromatic heterocycles. The van der Waals surface area contributed by atoms with Gasteiger partial charge in [-0.3, -0.25) is 0 Å². The van der Waals surface area contributed by atoms with Crippen molar-refractivity contribution in [3.63, 3.8) is 0 Å². The average Bonchev–Trinajstić information content (AvgIpc) is 2.30. The van der Waals surface area contributed by atoms with Crippen LogP contribution in [0.15, 0.2) is 24.3 Å². The van der Waals surface area contributed by atoms with Gasteiger partial charge in [0.15, 0.2) is 0 Å². The van der Waals surface area contributed by atoms with Crippen LogP contribution < -0.4 is 10.6 Å². The lowest BCUT2D eigenvalue weighted by Crippen LogP contribution is -2.41. The zero-order chi connectivity index (χ0) is 13.8. The molecule has 0 saturated carbocycles. The lowest BCUT2D eigenvalue weighted by atomic mass is 10.1. The lowest BCUT2D eigenvalue weighted by molar-refractivity contribution is -0.168. The number of anilines is 1. The van der Waals surface area contributed by atoms with Gasteiger partial charge in [0.05, 0.1) is 11.6 Å². The maximum atomic E-state index is 13.5. The number of nitrogens with zero attached hydrogens (tertiary/aromatic N) is 1. The summed E-state index contributed by atoms with van der Waals surface area (Å²) < 4.78 is 51.4. The van der Waals surface area contributed by atoms with E-state index in [4.69, 9.17) is 5.73 Å². The molecule has 0 bridgehead atoms. The Balaban J connectivity index is 2.88. The van der Waals surface area contributed by atoms with Gasteiger partial charge in [0.25, 0.3) is 0 Å². The summed E-state index contributed by atoms with van der Waals surface area (Å²) in [6.07, 6.45) is -4.37. The second kappa shape index (κ2) is 6.04. The third-order valence-corrected chi connectivity index (χ3v) is 2.76. The number of rotatable bonds is 5. The Hall–Kier alpha value is -1.30. The molecule has 0 aliphatic rings. The maximum absolute atomic E-state index is 13.5. The van der Waals surface area contributed by atoms with Crippen molar-refractivity contribution in [1.82, 2.24) is 0 Å². The van der Waals surface area contributed by atoms with Crippen LogP contribution in [0.3, 0.4) is 0 Å². The van der Waals surface area contributed by atoms with Crippen LogP contribution in [0.1, 0.15) is 6.92 Å². The van der Waals surface area contributed by atoms with Gasteiger partial charge in [-0.2, -0.15) is 13.2 Å². The molecule has 18 heavy (non-hydrogen) atoms. The van der Waals surface area contributed by atoms with Crippen LogP contribution in [0.25, 0.3) is 0 Å². The lowest BCUT2D eigenvalue weighted by Gasteiger charge is -2.29. The molecule has 2 nitrogen and oxygen atoms in total. The first kappa shape index (κ1) is 14.8. The van der Waals surface area contributed by atoms with E-state index in [0.717, 1.165) is 0 Å². The van der Waals surface area contributed by atoms with E-state index in [2.05, 4.69) is 0 Å². The quantitative estimate of drug-likeness (QED) is 0.829.